The van der Waals surface area contributed by atoms with Gasteiger partial charge < -0.3 is 22.1 Å². The zero-order chi connectivity index (χ0) is 21.9. The first-order valence-corrected chi connectivity index (χ1v) is 12.6. The molecule has 1 aliphatic rings. The molecule has 0 bridgehead atoms. The Morgan fingerprint density at radius 3 is 2.09 bits per heavy atom. The number of hydrogen-bond acceptors (Lipinski definition) is 3. The summed E-state index contributed by atoms with van der Waals surface area (Å²) in [5.41, 5.74) is -0.217. The molecule has 0 spiro atoms. The fraction of sp³-hybridized carbons (Fsp3) is 0.615. The molecule has 2 heterocycles. The van der Waals surface area contributed by atoms with Gasteiger partial charge in [0.15, 0.2) is 0 Å². The van der Waals surface area contributed by atoms with Gasteiger partial charge in [0.05, 0.1) is 12.7 Å². The molecule has 1 N–H and O–H groups in total. The summed E-state index contributed by atoms with van der Waals surface area (Å²) in [4.78, 5) is 6.62. The van der Waals surface area contributed by atoms with E-state index in [1.807, 2.05) is 41.1 Å². The van der Waals surface area contributed by atoms with E-state index in [-0.39, 0.29) is 17.0 Å². The van der Waals surface area contributed by atoms with Crippen LogP contribution in [0.15, 0.2) is 42.7 Å². The Hall–Kier alpha value is -1.17. The van der Waals surface area contributed by atoms with Crippen LogP contribution in [0, 0.1) is 0 Å². The van der Waals surface area contributed by atoms with E-state index < -0.39 is 5.72 Å². The largest absolute Gasteiger partial charge is 1.00 e. The van der Waals surface area contributed by atoms with Gasteiger partial charge in [-0.15, -0.1) is 0 Å². The fourth-order valence-electron chi connectivity index (χ4n) is 4.59. The molecule has 6 heteroatoms. The Kier molecular flexibility index (Phi) is 12.0. The smallest absolute Gasteiger partial charge is 0.396 e. The first kappa shape index (κ1) is 27.1. The molecular formula is C26H39BrClN3O. The summed E-state index contributed by atoms with van der Waals surface area (Å²) in [5, 5.41) is 12.3. The molecule has 0 radical (unpaired) electrons. The van der Waals surface area contributed by atoms with E-state index in [0.29, 0.717) is 11.6 Å². The normalized spacial score (nSPS) is 17.3. The average Bonchev–Trinajstić information content (AvgIpc) is 3.07. The molecule has 1 aromatic carbocycles. The Bertz CT molecular complexity index is 789. The van der Waals surface area contributed by atoms with Crippen LogP contribution < -0.4 is 26.4 Å². The topological polar surface area (TPSA) is 40.2 Å². The lowest BCUT2D eigenvalue weighted by Crippen LogP contribution is -3.00. The van der Waals surface area contributed by atoms with Crippen molar-refractivity contribution in [2.75, 3.05) is 11.4 Å². The molecule has 0 saturated carbocycles. The second-order valence-corrected chi connectivity index (χ2v) is 9.35. The lowest BCUT2D eigenvalue weighted by molar-refractivity contribution is -0.685. The van der Waals surface area contributed by atoms with Crippen LogP contribution in [-0.2, 0) is 12.3 Å². The molecule has 4 nitrogen and oxygen atoms in total. The van der Waals surface area contributed by atoms with E-state index >= 15 is 0 Å². The summed E-state index contributed by atoms with van der Waals surface area (Å²) < 4.78 is 2.04. The second kappa shape index (κ2) is 14.2. The fourth-order valence-corrected chi connectivity index (χ4v) is 4.72. The van der Waals surface area contributed by atoms with E-state index in [2.05, 4.69) is 16.8 Å². The monoisotopic (exact) mass is 523 g/mol. The molecule has 2 aromatic rings. The molecule has 1 atom stereocenters. The number of fused-ring (bicyclic) bond motifs is 1. The van der Waals surface area contributed by atoms with Crippen LogP contribution in [-0.4, -0.2) is 16.6 Å². The second-order valence-electron chi connectivity index (χ2n) is 8.91. The van der Waals surface area contributed by atoms with Crippen LogP contribution in [0.5, 0.6) is 0 Å². The number of nitrogens with zero attached hydrogens (tertiary/aromatic N) is 3. The van der Waals surface area contributed by atoms with Gasteiger partial charge in [-0.25, -0.2) is 9.47 Å². The molecule has 1 aliphatic heterocycles. The Morgan fingerprint density at radius 2 is 1.50 bits per heavy atom. The molecule has 1 aromatic heterocycles. The SMILES string of the molecule is CCCCCCCCCCCCCCN1c2nccc[n+]2CC1(O)c1ccc(Cl)cc1.[Br-]. The molecule has 3 rings (SSSR count). The van der Waals surface area contributed by atoms with E-state index in [9.17, 15) is 5.11 Å². The van der Waals surface area contributed by atoms with E-state index in [0.717, 1.165) is 24.5 Å². The van der Waals surface area contributed by atoms with Gasteiger partial charge in [-0.05, 0) is 18.6 Å². The summed E-state index contributed by atoms with van der Waals surface area (Å²) in [6.45, 7) is 3.56. The summed E-state index contributed by atoms with van der Waals surface area (Å²) >= 11 is 6.07. The highest BCUT2D eigenvalue weighted by Gasteiger charge is 2.51. The number of anilines is 1. The molecule has 0 amide bonds. The maximum Gasteiger partial charge on any atom is 0.396 e. The Labute approximate surface area is 209 Å². The highest BCUT2D eigenvalue weighted by atomic mass is 79.9. The van der Waals surface area contributed by atoms with Crippen LogP contribution in [0.1, 0.15) is 89.5 Å². The van der Waals surface area contributed by atoms with E-state index in [1.165, 1.54) is 70.6 Å². The van der Waals surface area contributed by atoms with Crippen molar-refractivity contribution < 1.29 is 26.7 Å². The molecule has 0 saturated heterocycles. The minimum Gasteiger partial charge on any atom is -1.00 e. The summed E-state index contributed by atoms with van der Waals surface area (Å²) in [6.07, 6.45) is 19.7. The average molecular weight is 525 g/mol. The number of hydrogen-bond donors (Lipinski definition) is 1. The first-order valence-electron chi connectivity index (χ1n) is 12.3. The number of aliphatic hydroxyl groups is 1. The number of halogens is 2. The summed E-state index contributed by atoms with van der Waals surface area (Å²) in [5.74, 6) is 0.836. The standard InChI is InChI=1S/C26H39ClN3O.BrH/c1-2-3-4-5-6-7-8-9-10-11-12-13-21-30-25-28-19-14-20-29(25)22-26(30,31)23-15-17-24(27)18-16-23;/h14-20,31H,2-13,21-22H2,1H3;1H/q+1;/p-1. The third-order valence-electron chi connectivity index (χ3n) is 6.42. The van der Waals surface area contributed by atoms with Crippen molar-refractivity contribution in [2.45, 2.75) is 96.2 Å². The van der Waals surface area contributed by atoms with Gasteiger partial charge in [0.2, 0.25) is 5.72 Å². The maximum atomic E-state index is 11.6. The van der Waals surface area contributed by atoms with Crippen molar-refractivity contribution >= 4 is 17.5 Å². The third kappa shape index (κ3) is 7.43. The molecule has 32 heavy (non-hydrogen) atoms. The van der Waals surface area contributed by atoms with Crippen LogP contribution in [0.25, 0.3) is 0 Å². The lowest BCUT2D eigenvalue weighted by Gasteiger charge is -2.28. The van der Waals surface area contributed by atoms with E-state index in [1.54, 1.807) is 6.20 Å². The van der Waals surface area contributed by atoms with Crippen LogP contribution in [0.3, 0.4) is 0 Å². The maximum absolute atomic E-state index is 11.6. The quantitative estimate of drug-likeness (QED) is 0.304. The predicted octanol–water partition coefficient (Wildman–Crippen LogP) is 3.39. The van der Waals surface area contributed by atoms with Gasteiger partial charge in [-0.3, -0.25) is 0 Å². The summed E-state index contributed by atoms with van der Waals surface area (Å²) in [7, 11) is 0. The molecule has 0 aliphatic carbocycles. The molecule has 1 unspecified atom stereocenters. The van der Waals surface area contributed by atoms with Gasteiger partial charge in [-0.2, -0.15) is 0 Å². The highest BCUT2D eigenvalue weighted by molar-refractivity contribution is 6.30. The Balaban J connectivity index is 0.00000363. The van der Waals surface area contributed by atoms with Gasteiger partial charge in [-0.1, -0.05) is 106 Å². The molecule has 178 valence electrons. The van der Waals surface area contributed by atoms with Crippen molar-refractivity contribution in [3.8, 4) is 0 Å². The van der Waals surface area contributed by atoms with Gasteiger partial charge >= 0.3 is 5.95 Å². The number of rotatable bonds is 14. The summed E-state index contributed by atoms with van der Waals surface area (Å²) in [6, 6.07) is 9.45. The zero-order valence-electron chi connectivity index (χ0n) is 19.5. The Morgan fingerprint density at radius 1 is 0.938 bits per heavy atom. The minimum absolute atomic E-state index is 0. The molecule has 0 fully saturated rings. The number of benzene rings is 1. The van der Waals surface area contributed by atoms with Crippen LogP contribution in [0.2, 0.25) is 5.02 Å². The van der Waals surface area contributed by atoms with E-state index in [4.69, 9.17) is 11.6 Å². The van der Waals surface area contributed by atoms with Gasteiger partial charge in [0, 0.05) is 16.7 Å². The van der Waals surface area contributed by atoms with Crippen molar-refractivity contribution in [1.29, 1.82) is 0 Å². The van der Waals surface area contributed by atoms with Crippen LogP contribution in [0.4, 0.5) is 5.95 Å². The number of aromatic nitrogens is 2. The third-order valence-corrected chi connectivity index (χ3v) is 6.67. The first-order chi connectivity index (χ1) is 15.1. The van der Waals surface area contributed by atoms with Crippen LogP contribution >= 0.6 is 11.6 Å². The van der Waals surface area contributed by atoms with Gasteiger partial charge in [0.1, 0.15) is 12.7 Å². The van der Waals surface area contributed by atoms with Crippen molar-refractivity contribution in [3.63, 3.8) is 0 Å². The van der Waals surface area contributed by atoms with Crippen molar-refractivity contribution in [1.82, 2.24) is 4.98 Å². The molecular weight excluding hydrogens is 486 g/mol. The highest BCUT2D eigenvalue weighted by Crippen LogP contribution is 2.34. The van der Waals surface area contributed by atoms with Gasteiger partial charge in [0.25, 0.3) is 0 Å². The van der Waals surface area contributed by atoms with Crippen molar-refractivity contribution in [3.05, 3.63) is 53.3 Å². The minimum atomic E-state index is -1.08. The zero-order valence-corrected chi connectivity index (χ0v) is 21.8. The number of unbranched alkanes of at least 4 members (excludes halogenated alkanes) is 11. The van der Waals surface area contributed by atoms with Crippen molar-refractivity contribution in [2.24, 2.45) is 0 Å². The predicted molar refractivity (Wildman–Crippen MR) is 128 cm³/mol. The lowest BCUT2D eigenvalue weighted by atomic mass is 10.0.